The Morgan fingerprint density at radius 1 is 1.38 bits per heavy atom. The van der Waals surface area contributed by atoms with E-state index in [0.29, 0.717) is 5.75 Å². The molecule has 84 valence electrons. The summed E-state index contributed by atoms with van der Waals surface area (Å²) >= 11 is 0. The maximum atomic E-state index is 9.53. The Bertz CT molecular complexity index is 428. The van der Waals surface area contributed by atoms with Crippen LogP contribution in [0.4, 0.5) is 0 Å². The van der Waals surface area contributed by atoms with E-state index in [1.807, 2.05) is 6.07 Å². The fourth-order valence-corrected chi connectivity index (χ4v) is 2.42. The first kappa shape index (κ1) is 10.8. The van der Waals surface area contributed by atoms with Crippen molar-refractivity contribution in [2.45, 2.75) is 31.1 Å². The Labute approximate surface area is 95.3 Å². The van der Waals surface area contributed by atoms with E-state index in [9.17, 15) is 10.4 Å². The molecule has 0 bridgehead atoms. The minimum Gasteiger partial charge on any atom is -0.504 e. The standard InChI is InChI=1S/C13H15NO2/c1-16-12-8-10(4-5-11(12)15)13(9-14)6-2-3-7-13/h4-5,8,15H,2-3,6-7H2,1H3. The van der Waals surface area contributed by atoms with Gasteiger partial charge in [-0.25, -0.2) is 0 Å². The van der Waals surface area contributed by atoms with E-state index in [4.69, 9.17) is 4.74 Å². The zero-order chi connectivity index (χ0) is 11.6. The van der Waals surface area contributed by atoms with Gasteiger partial charge in [0.1, 0.15) is 0 Å². The molecule has 0 unspecified atom stereocenters. The van der Waals surface area contributed by atoms with Crippen LogP contribution in [-0.2, 0) is 5.41 Å². The summed E-state index contributed by atoms with van der Waals surface area (Å²) in [5, 5.41) is 18.9. The summed E-state index contributed by atoms with van der Waals surface area (Å²) in [5.74, 6) is 0.566. The van der Waals surface area contributed by atoms with Crippen molar-refractivity contribution in [3.63, 3.8) is 0 Å². The summed E-state index contributed by atoms with van der Waals surface area (Å²) in [5.41, 5.74) is 0.586. The highest BCUT2D eigenvalue weighted by Gasteiger charge is 2.36. The number of hydrogen-bond acceptors (Lipinski definition) is 3. The zero-order valence-corrected chi connectivity index (χ0v) is 9.36. The van der Waals surface area contributed by atoms with Crippen LogP contribution in [0, 0.1) is 11.3 Å². The van der Waals surface area contributed by atoms with E-state index in [-0.39, 0.29) is 11.2 Å². The average Bonchev–Trinajstić information content (AvgIpc) is 2.79. The van der Waals surface area contributed by atoms with Crippen LogP contribution in [0.15, 0.2) is 18.2 Å². The molecule has 1 saturated carbocycles. The van der Waals surface area contributed by atoms with Crippen LogP contribution in [0.25, 0.3) is 0 Å². The third-order valence-corrected chi connectivity index (χ3v) is 3.40. The first-order chi connectivity index (χ1) is 7.72. The Balaban J connectivity index is 2.44. The van der Waals surface area contributed by atoms with Gasteiger partial charge in [0.05, 0.1) is 18.6 Å². The molecule has 0 amide bonds. The van der Waals surface area contributed by atoms with E-state index < -0.39 is 0 Å². The van der Waals surface area contributed by atoms with Gasteiger partial charge >= 0.3 is 0 Å². The van der Waals surface area contributed by atoms with Gasteiger partial charge in [-0.2, -0.15) is 5.26 Å². The van der Waals surface area contributed by atoms with E-state index in [1.165, 1.54) is 7.11 Å². The number of ether oxygens (including phenoxy) is 1. The van der Waals surface area contributed by atoms with Crippen molar-refractivity contribution in [3.8, 4) is 17.6 Å². The normalized spacial score (nSPS) is 18.0. The van der Waals surface area contributed by atoms with Gasteiger partial charge in [-0.1, -0.05) is 18.9 Å². The molecule has 0 aromatic heterocycles. The molecule has 3 nitrogen and oxygen atoms in total. The highest BCUT2D eigenvalue weighted by Crippen LogP contribution is 2.42. The van der Waals surface area contributed by atoms with Gasteiger partial charge in [-0.05, 0) is 30.5 Å². The summed E-state index contributed by atoms with van der Waals surface area (Å²) in [6.07, 6.45) is 3.99. The van der Waals surface area contributed by atoms with E-state index >= 15 is 0 Å². The second-order valence-corrected chi connectivity index (χ2v) is 4.29. The van der Waals surface area contributed by atoms with Crippen LogP contribution in [0.5, 0.6) is 11.5 Å². The summed E-state index contributed by atoms with van der Waals surface area (Å²) < 4.78 is 5.08. The Morgan fingerprint density at radius 3 is 2.62 bits per heavy atom. The molecule has 0 saturated heterocycles. The lowest BCUT2D eigenvalue weighted by Gasteiger charge is -2.21. The number of methoxy groups -OCH3 is 1. The molecular weight excluding hydrogens is 202 g/mol. The largest absolute Gasteiger partial charge is 0.504 e. The molecule has 1 aromatic carbocycles. The fraction of sp³-hybridized carbons (Fsp3) is 0.462. The molecule has 2 rings (SSSR count). The second kappa shape index (κ2) is 4.05. The van der Waals surface area contributed by atoms with Crippen LogP contribution in [0.3, 0.4) is 0 Å². The molecule has 0 aliphatic heterocycles. The molecule has 1 fully saturated rings. The fourth-order valence-electron chi connectivity index (χ4n) is 2.42. The highest BCUT2D eigenvalue weighted by atomic mass is 16.5. The molecule has 0 spiro atoms. The molecule has 1 N–H and O–H groups in total. The minimum absolute atomic E-state index is 0.123. The van der Waals surface area contributed by atoms with E-state index in [2.05, 4.69) is 6.07 Å². The molecule has 1 aliphatic rings. The van der Waals surface area contributed by atoms with Crippen LogP contribution < -0.4 is 4.74 Å². The van der Waals surface area contributed by atoms with Crippen molar-refractivity contribution in [1.82, 2.24) is 0 Å². The van der Waals surface area contributed by atoms with Gasteiger partial charge in [-0.15, -0.1) is 0 Å². The van der Waals surface area contributed by atoms with E-state index in [1.54, 1.807) is 12.1 Å². The Morgan fingerprint density at radius 2 is 2.06 bits per heavy atom. The highest BCUT2D eigenvalue weighted by molar-refractivity contribution is 5.46. The molecule has 0 atom stereocenters. The SMILES string of the molecule is COc1cc(C2(C#N)CCCC2)ccc1O. The molecule has 0 radical (unpaired) electrons. The third kappa shape index (κ3) is 1.61. The van der Waals surface area contributed by atoms with Crippen LogP contribution in [-0.4, -0.2) is 12.2 Å². The van der Waals surface area contributed by atoms with E-state index in [0.717, 1.165) is 31.2 Å². The van der Waals surface area contributed by atoms with Crippen LogP contribution in [0.2, 0.25) is 0 Å². The summed E-state index contributed by atoms with van der Waals surface area (Å²) in [4.78, 5) is 0. The lowest BCUT2D eigenvalue weighted by atomic mass is 9.80. The third-order valence-electron chi connectivity index (χ3n) is 3.40. The maximum Gasteiger partial charge on any atom is 0.160 e. The second-order valence-electron chi connectivity index (χ2n) is 4.29. The molecular formula is C13H15NO2. The van der Waals surface area contributed by atoms with Crippen molar-refractivity contribution >= 4 is 0 Å². The van der Waals surface area contributed by atoms with Crippen molar-refractivity contribution < 1.29 is 9.84 Å². The number of nitriles is 1. The maximum absolute atomic E-state index is 9.53. The van der Waals surface area contributed by atoms with Gasteiger partial charge in [0.15, 0.2) is 11.5 Å². The Hall–Kier alpha value is -1.69. The molecule has 16 heavy (non-hydrogen) atoms. The summed E-state index contributed by atoms with van der Waals surface area (Å²) in [7, 11) is 1.52. The quantitative estimate of drug-likeness (QED) is 0.828. The number of phenolic OH excluding ortho intramolecular Hbond substituents is 1. The smallest absolute Gasteiger partial charge is 0.160 e. The lowest BCUT2D eigenvalue weighted by molar-refractivity contribution is 0.371. The Kier molecular flexibility index (Phi) is 2.74. The monoisotopic (exact) mass is 217 g/mol. The predicted octanol–water partition coefficient (Wildman–Crippen LogP) is 2.74. The van der Waals surface area contributed by atoms with Crippen molar-refractivity contribution in [2.75, 3.05) is 7.11 Å². The number of nitrogens with zero attached hydrogens (tertiary/aromatic N) is 1. The number of benzene rings is 1. The van der Waals surface area contributed by atoms with Crippen LogP contribution >= 0.6 is 0 Å². The number of rotatable bonds is 2. The molecule has 3 heteroatoms. The molecule has 1 aliphatic carbocycles. The van der Waals surface area contributed by atoms with Gasteiger partial charge < -0.3 is 9.84 Å². The minimum atomic E-state index is -0.374. The number of hydrogen-bond donors (Lipinski definition) is 1. The average molecular weight is 217 g/mol. The zero-order valence-electron chi connectivity index (χ0n) is 9.36. The first-order valence-corrected chi connectivity index (χ1v) is 5.50. The molecule has 0 heterocycles. The van der Waals surface area contributed by atoms with Crippen LogP contribution in [0.1, 0.15) is 31.2 Å². The van der Waals surface area contributed by atoms with Crippen molar-refractivity contribution in [1.29, 1.82) is 5.26 Å². The summed E-state index contributed by atoms with van der Waals surface area (Å²) in [6.45, 7) is 0. The summed E-state index contributed by atoms with van der Waals surface area (Å²) in [6, 6.07) is 7.64. The van der Waals surface area contributed by atoms with Crippen molar-refractivity contribution in [3.05, 3.63) is 23.8 Å². The molecule has 1 aromatic rings. The van der Waals surface area contributed by atoms with Gasteiger partial charge in [0.2, 0.25) is 0 Å². The first-order valence-electron chi connectivity index (χ1n) is 5.50. The van der Waals surface area contributed by atoms with Gasteiger partial charge in [0, 0.05) is 0 Å². The van der Waals surface area contributed by atoms with Gasteiger partial charge in [0.25, 0.3) is 0 Å². The predicted molar refractivity (Wildman–Crippen MR) is 60.4 cm³/mol. The van der Waals surface area contributed by atoms with Gasteiger partial charge in [-0.3, -0.25) is 0 Å². The number of phenols is 1. The number of aromatic hydroxyl groups is 1. The van der Waals surface area contributed by atoms with Crippen molar-refractivity contribution in [2.24, 2.45) is 0 Å². The lowest BCUT2D eigenvalue weighted by Crippen LogP contribution is -2.19. The topological polar surface area (TPSA) is 53.2 Å².